The first-order valence-electron chi connectivity index (χ1n) is 7.69. The van der Waals surface area contributed by atoms with E-state index in [1.165, 1.54) is 12.7 Å². The maximum Gasteiger partial charge on any atom is 0.322 e. The Bertz CT molecular complexity index is 505. The predicted octanol–water partition coefficient (Wildman–Crippen LogP) is 1.78. The van der Waals surface area contributed by atoms with Gasteiger partial charge in [-0.25, -0.2) is 0 Å². The molecule has 0 saturated carbocycles. The van der Waals surface area contributed by atoms with Gasteiger partial charge in [-0.05, 0) is 31.4 Å². The van der Waals surface area contributed by atoms with Gasteiger partial charge in [-0.1, -0.05) is 30.3 Å². The van der Waals surface area contributed by atoms with E-state index >= 15 is 0 Å². The number of nitrogens with zero attached hydrogens (tertiary/aromatic N) is 2. The molecule has 2 saturated heterocycles. The highest BCUT2D eigenvalue weighted by atomic mass is 16.5. The third-order valence-corrected chi connectivity index (χ3v) is 5.15. The quantitative estimate of drug-likeness (QED) is 0.794. The molecule has 0 aliphatic carbocycles. The summed E-state index contributed by atoms with van der Waals surface area (Å²) in [6, 6.07) is 11.1. The fourth-order valence-electron chi connectivity index (χ4n) is 4.08. The molecule has 3 rings (SSSR count). The lowest BCUT2D eigenvalue weighted by Crippen LogP contribution is -2.40. The van der Waals surface area contributed by atoms with E-state index in [1.807, 2.05) is 6.92 Å². The van der Waals surface area contributed by atoms with Gasteiger partial charge in [0.05, 0.1) is 7.11 Å². The Balaban J connectivity index is 1.76. The second-order valence-electron chi connectivity index (χ2n) is 6.37. The van der Waals surface area contributed by atoms with E-state index in [2.05, 4.69) is 47.2 Å². The largest absolute Gasteiger partial charge is 0.468 e. The smallest absolute Gasteiger partial charge is 0.322 e. The van der Waals surface area contributed by atoms with Crippen LogP contribution in [0.4, 0.5) is 0 Å². The summed E-state index contributed by atoms with van der Waals surface area (Å²) in [6.45, 7) is 5.03. The maximum atomic E-state index is 11.8. The number of rotatable bonds is 3. The third kappa shape index (κ3) is 2.58. The number of carbonyl (C=O) groups excluding carboxylic acids is 1. The van der Waals surface area contributed by atoms with Gasteiger partial charge in [-0.3, -0.25) is 14.6 Å². The second-order valence-corrected chi connectivity index (χ2v) is 6.37. The van der Waals surface area contributed by atoms with E-state index in [0.29, 0.717) is 17.9 Å². The highest BCUT2D eigenvalue weighted by Gasteiger charge is 2.47. The van der Waals surface area contributed by atoms with Crippen molar-refractivity contribution in [2.75, 3.05) is 33.8 Å². The number of fused-ring (bicyclic) bond motifs is 1. The Hall–Kier alpha value is -1.39. The Morgan fingerprint density at radius 3 is 2.62 bits per heavy atom. The molecule has 0 spiro atoms. The van der Waals surface area contributed by atoms with Gasteiger partial charge in [0.1, 0.15) is 6.04 Å². The van der Waals surface area contributed by atoms with Crippen LogP contribution in [0.25, 0.3) is 0 Å². The summed E-state index contributed by atoms with van der Waals surface area (Å²) in [5.41, 5.74) is 1.39. The highest BCUT2D eigenvalue weighted by Crippen LogP contribution is 2.44. The zero-order chi connectivity index (χ0) is 15.0. The van der Waals surface area contributed by atoms with Crippen molar-refractivity contribution in [2.45, 2.75) is 19.0 Å². The molecular formula is C17H24N2O2. The average molecular weight is 288 g/mol. The van der Waals surface area contributed by atoms with Gasteiger partial charge in [0.25, 0.3) is 0 Å². The van der Waals surface area contributed by atoms with Gasteiger partial charge >= 0.3 is 5.97 Å². The first-order chi connectivity index (χ1) is 10.1. The SMILES string of the molecule is COC(=O)[C@H](C)N1C[C@@H]2CN(C)[C@H](c3ccccc3)[C@H]2C1. The first-order valence-corrected chi connectivity index (χ1v) is 7.69. The van der Waals surface area contributed by atoms with Crippen LogP contribution in [0, 0.1) is 11.8 Å². The molecule has 114 valence electrons. The lowest BCUT2D eigenvalue weighted by Gasteiger charge is -2.28. The maximum absolute atomic E-state index is 11.8. The van der Waals surface area contributed by atoms with E-state index in [-0.39, 0.29) is 12.0 Å². The van der Waals surface area contributed by atoms with Gasteiger partial charge in [-0.15, -0.1) is 0 Å². The normalized spacial score (nSPS) is 31.1. The van der Waals surface area contributed by atoms with Crippen LogP contribution in [0.2, 0.25) is 0 Å². The van der Waals surface area contributed by atoms with Crippen molar-refractivity contribution in [2.24, 2.45) is 11.8 Å². The molecule has 2 heterocycles. The number of ether oxygens (including phenoxy) is 1. The third-order valence-electron chi connectivity index (χ3n) is 5.15. The molecule has 0 unspecified atom stereocenters. The summed E-state index contributed by atoms with van der Waals surface area (Å²) in [5, 5.41) is 0. The number of methoxy groups -OCH3 is 1. The number of benzene rings is 1. The van der Waals surface area contributed by atoms with E-state index in [0.717, 1.165) is 19.6 Å². The molecule has 2 aliphatic rings. The molecule has 2 fully saturated rings. The van der Waals surface area contributed by atoms with Crippen LogP contribution < -0.4 is 0 Å². The molecule has 1 aromatic rings. The predicted molar refractivity (Wildman–Crippen MR) is 81.8 cm³/mol. The van der Waals surface area contributed by atoms with Crippen LogP contribution in [0.15, 0.2) is 30.3 Å². The molecule has 2 aliphatic heterocycles. The molecule has 21 heavy (non-hydrogen) atoms. The van der Waals surface area contributed by atoms with Crippen molar-refractivity contribution >= 4 is 5.97 Å². The number of hydrogen-bond acceptors (Lipinski definition) is 4. The summed E-state index contributed by atoms with van der Waals surface area (Å²) in [6.07, 6.45) is 0. The van der Waals surface area contributed by atoms with Crippen molar-refractivity contribution in [1.82, 2.24) is 9.80 Å². The van der Waals surface area contributed by atoms with Crippen LogP contribution in [-0.4, -0.2) is 55.6 Å². The molecular weight excluding hydrogens is 264 g/mol. The molecule has 4 nitrogen and oxygen atoms in total. The minimum Gasteiger partial charge on any atom is -0.468 e. The van der Waals surface area contributed by atoms with E-state index in [4.69, 9.17) is 4.74 Å². The fourth-order valence-corrected chi connectivity index (χ4v) is 4.08. The summed E-state index contributed by atoms with van der Waals surface area (Å²) >= 11 is 0. The monoisotopic (exact) mass is 288 g/mol. The van der Waals surface area contributed by atoms with Crippen molar-refractivity contribution in [3.05, 3.63) is 35.9 Å². The van der Waals surface area contributed by atoms with E-state index in [1.54, 1.807) is 0 Å². The molecule has 0 N–H and O–H groups in total. The molecule has 4 atom stereocenters. The van der Waals surface area contributed by atoms with Crippen LogP contribution >= 0.6 is 0 Å². The number of esters is 1. The fraction of sp³-hybridized carbons (Fsp3) is 0.588. The zero-order valence-electron chi connectivity index (χ0n) is 13.0. The number of likely N-dealkylation sites (tertiary alicyclic amines) is 2. The number of hydrogen-bond donors (Lipinski definition) is 0. The topological polar surface area (TPSA) is 32.8 Å². The van der Waals surface area contributed by atoms with Crippen molar-refractivity contribution in [3.63, 3.8) is 0 Å². The molecule has 1 aromatic carbocycles. The minimum atomic E-state index is -0.137. The Morgan fingerprint density at radius 2 is 1.95 bits per heavy atom. The lowest BCUT2D eigenvalue weighted by atomic mass is 9.90. The average Bonchev–Trinajstić information content (AvgIpc) is 3.02. The Morgan fingerprint density at radius 1 is 1.24 bits per heavy atom. The molecule has 0 bridgehead atoms. The minimum absolute atomic E-state index is 0.125. The summed E-state index contributed by atoms with van der Waals surface area (Å²) < 4.78 is 4.89. The molecule has 0 amide bonds. The van der Waals surface area contributed by atoms with Crippen LogP contribution in [0.5, 0.6) is 0 Å². The van der Waals surface area contributed by atoms with Gasteiger partial charge < -0.3 is 4.74 Å². The van der Waals surface area contributed by atoms with Crippen molar-refractivity contribution in [1.29, 1.82) is 0 Å². The van der Waals surface area contributed by atoms with Gasteiger partial charge in [-0.2, -0.15) is 0 Å². The number of carbonyl (C=O) groups is 1. The molecule has 0 radical (unpaired) electrons. The zero-order valence-corrected chi connectivity index (χ0v) is 13.0. The highest BCUT2D eigenvalue weighted by molar-refractivity contribution is 5.75. The Labute approximate surface area is 126 Å². The Kier molecular flexibility index (Phi) is 4.00. The van der Waals surface area contributed by atoms with E-state index < -0.39 is 0 Å². The summed E-state index contributed by atoms with van der Waals surface area (Å²) in [7, 11) is 3.68. The summed E-state index contributed by atoms with van der Waals surface area (Å²) in [4.78, 5) is 16.5. The van der Waals surface area contributed by atoms with Gasteiger partial charge in [0.2, 0.25) is 0 Å². The van der Waals surface area contributed by atoms with Crippen LogP contribution in [0.3, 0.4) is 0 Å². The molecule has 4 heteroatoms. The van der Waals surface area contributed by atoms with E-state index in [9.17, 15) is 4.79 Å². The molecule has 0 aromatic heterocycles. The van der Waals surface area contributed by atoms with Gasteiger partial charge in [0.15, 0.2) is 0 Å². The van der Waals surface area contributed by atoms with Crippen LogP contribution in [0.1, 0.15) is 18.5 Å². The van der Waals surface area contributed by atoms with Crippen molar-refractivity contribution in [3.8, 4) is 0 Å². The van der Waals surface area contributed by atoms with Crippen LogP contribution in [-0.2, 0) is 9.53 Å². The lowest BCUT2D eigenvalue weighted by molar-refractivity contribution is -0.146. The van der Waals surface area contributed by atoms with Crippen molar-refractivity contribution < 1.29 is 9.53 Å². The summed E-state index contributed by atoms with van der Waals surface area (Å²) in [5.74, 6) is 1.12. The van der Waals surface area contributed by atoms with Gasteiger partial charge in [0, 0.05) is 25.7 Å². The standard InChI is InChI=1S/C17H24N2O2/c1-12(17(20)21-3)19-10-14-9-18(2)16(15(14)11-19)13-7-5-4-6-8-13/h4-8,12,14-16H,9-11H2,1-3H3/t12-,14-,15-,16+/m0/s1. The second kappa shape index (κ2) is 5.78. The first kappa shape index (κ1) is 14.5.